The summed E-state index contributed by atoms with van der Waals surface area (Å²) >= 11 is 0. The third-order valence-electron chi connectivity index (χ3n) is 16.1. The minimum absolute atomic E-state index is 0.00848. The number of carboxylic acid groups (broad SMARTS) is 1. The molecule has 0 spiro atoms. The Morgan fingerprint density at radius 1 is 0.810 bits per heavy atom. The number of carbonyl (C=O) groups is 6. The molecule has 5 aromatic carbocycles. The van der Waals surface area contributed by atoms with E-state index in [9.17, 15) is 47.7 Å². The molecule has 1 unspecified atom stereocenters. The molecule has 4 aliphatic heterocycles. The summed E-state index contributed by atoms with van der Waals surface area (Å²) in [6.07, 6.45) is 0.902. The number of amides is 5. The van der Waals surface area contributed by atoms with Crippen LogP contribution in [0.1, 0.15) is 68.5 Å². The molecule has 0 saturated carbocycles. The van der Waals surface area contributed by atoms with Crippen LogP contribution < -0.4 is 30.3 Å². The number of nitrogens with zero attached hydrogens (tertiary/aromatic N) is 7. The average Bonchev–Trinajstić information content (AvgIpc) is 2.63. The van der Waals surface area contributed by atoms with E-state index in [1.165, 1.54) is 28.8 Å². The smallest absolute Gasteiger partial charge is 0.352 e. The molecule has 3 saturated heterocycles. The number of carbonyl (C=O) groups excluding carboxylic acids is 5. The van der Waals surface area contributed by atoms with Crippen molar-refractivity contribution in [1.82, 2.24) is 38.5 Å². The highest BCUT2D eigenvalue weighted by molar-refractivity contribution is 7.86. The standard InChI is InChI=1S/C61H69N11O11S/c1-39(62)54(49(63-2)38-83-42-22-20-41(21-23-42)68-31-33-70(34-32-68)84(80,81)66(3)4)46-15-8-14-44-45(17-10-36-82-51-19-7-12-40-11-5-6-13-43(40)51)57(61(78)79)71(56(44)46)35-28-67-26-29-69(30-27-67)53(74)37-64-48-18-9-16-47-55(48)60(77)72(59(47)76)50-24-25-52(73)65-58(50)75/h5-9,11-16,18-23,50,62-64H,10,17,24-38H2,1-4H3,(H,78,79)(H,65,73,75)/b54-49+,62-39?. The van der Waals surface area contributed by atoms with E-state index in [4.69, 9.17) is 9.47 Å². The number of aromatic carboxylic acids is 1. The number of para-hydroxylation sites is 1. The molecule has 5 amide bonds. The number of aryl methyl sites for hydroxylation is 1. The normalized spacial score (nSPS) is 17.4. The van der Waals surface area contributed by atoms with E-state index in [1.54, 1.807) is 31.0 Å². The Morgan fingerprint density at radius 3 is 2.21 bits per heavy atom. The number of aromatic nitrogens is 1. The largest absolute Gasteiger partial charge is 0.493 e. The molecular weight excluding hydrogens is 1090 g/mol. The third-order valence-corrected chi connectivity index (χ3v) is 18.0. The van der Waals surface area contributed by atoms with Gasteiger partial charge in [0, 0.05) is 132 Å². The van der Waals surface area contributed by atoms with Gasteiger partial charge in [0.05, 0.1) is 35.5 Å². The number of hydrogen-bond acceptors (Lipinski definition) is 15. The van der Waals surface area contributed by atoms with Crippen molar-refractivity contribution in [3.8, 4) is 11.5 Å². The van der Waals surface area contributed by atoms with Crippen LogP contribution >= 0.6 is 0 Å². The predicted molar refractivity (Wildman–Crippen MR) is 319 cm³/mol. The van der Waals surface area contributed by atoms with E-state index >= 15 is 0 Å². The third kappa shape index (κ3) is 11.9. The number of allylic oxidation sites excluding steroid dienone is 1. The maximum absolute atomic E-state index is 13.8. The lowest BCUT2D eigenvalue weighted by atomic mass is 9.95. The summed E-state index contributed by atoms with van der Waals surface area (Å²) in [5.41, 5.74) is 4.85. The number of nitrogens with one attached hydrogen (secondary N) is 4. The summed E-state index contributed by atoms with van der Waals surface area (Å²) < 4.78 is 42.7. The van der Waals surface area contributed by atoms with Crippen molar-refractivity contribution >= 4 is 90.0 Å². The van der Waals surface area contributed by atoms with E-state index in [1.807, 2.05) is 89.5 Å². The SMILES string of the molecule is CN/C(COc1ccc(N2CCN(S(=O)(=O)N(C)C)CC2)cc1)=C(\C(C)=N)c1cccc2c(CCCOc3cccc4ccccc34)c(C(=O)O)n(CCN3CCN(C(=O)CNc4cccc5c4C(=O)N(C4CCC(=O)NC4=O)C5=O)CC3)c12. The number of fused-ring (bicyclic) bond motifs is 3. The molecule has 5 heterocycles. The van der Waals surface area contributed by atoms with Crippen molar-refractivity contribution in [3.05, 3.63) is 137 Å². The number of likely N-dealkylation sites (N-methyl/N-ethyl adjacent to an activating group) is 1. The fraction of sp³-hybridized carbons (Fsp3) is 0.361. The zero-order valence-electron chi connectivity index (χ0n) is 47.5. The highest BCUT2D eigenvalue weighted by Gasteiger charge is 2.46. The lowest BCUT2D eigenvalue weighted by molar-refractivity contribution is -0.136. The second kappa shape index (κ2) is 25.1. The Bertz CT molecular complexity index is 3710. The first kappa shape index (κ1) is 58.6. The summed E-state index contributed by atoms with van der Waals surface area (Å²) in [6.45, 7) is 6.10. The molecule has 0 aliphatic carbocycles. The highest BCUT2D eigenvalue weighted by Crippen LogP contribution is 2.37. The summed E-state index contributed by atoms with van der Waals surface area (Å²) in [6, 6.07) is 30.8. The number of anilines is 2. The van der Waals surface area contributed by atoms with Gasteiger partial charge in [0.15, 0.2) is 0 Å². The summed E-state index contributed by atoms with van der Waals surface area (Å²) in [5.74, 6) is -2.51. The summed E-state index contributed by atoms with van der Waals surface area (Å²) in [7, 11) is 1.31. The van der Waals surface area contributed by atoms with Crippen LogP contribution in [0.5, 0.6) is 11.5 Å². The number of carboxylic acids is 1. The Labute approximate surface area is 487 Å². The average molecular weight is 1160 g/mol. The number of ether oxygens (including phenoxy) is 2. The molecular formula is C61H69N11O11S. The van der Waals surface area contributed by atoms with Crippen molar-refractivity contribution < 1.29 is 51.8 Å². The molecule has 84 heavy (non-hydrogen) atoms. The number of rotatable bonds is 22. The zero-order valence-corrected chi connectivity index (χ0v) is 48.3. The minimum atomic E-state index is -3.51. The fourth-order valence-corrected chi connectivity index (χ4v) is 12.8. The predicted octanol–water partition coefficient (Wildman–Crippen LogP) is 5.14. The molecule has 10 rings (SSSR count). The fourth-order valence-electron chi connectivity index (χ4n) is 11.7. The maximum atomic E-state index is 13.8. The van der Waals surface area contributed by atoms with Crippen LogP contribution in [0.25, 0.3) is 27.2 Å². The van der Waals surface area contributed by atoms with Crippen LogP contribution in [0.3, 0.4) is 0 Å². The van der Waals surface area contributed by atoms with Crippen molar-refractivity contribution in [1.29, 1.82) is 5.41 Å². The van der Waals surface area contributed by atoms with E-state index in [0.717, 1.165) is 32.5 Å². The van der Waals surface area contributed by atoms with Gasteiger partial charge in [-0.1, -0.05) is 60.7 Å². The van der Waals surface area contributed by atoms with Gasteiger partial charge in [-0.3, -0.25) is 39.1 Å². The lowest BCUT2D eigenvalue weighted by Crippen LogP contribution is -2.54. The first-order valence-electron chi connectivity index (χ1n) is 28.1. The molecule has 3 fully saturated rings. The Balaban J connectivity index is 0.859. The summed E-state index contributed by atoms with van der Waals surface area (Å²) in [4.78, 5) is 86.0. The topological polar surface area (TPSA) is 260 Å². The molecule has 23 heteroatoms. The molecule has 1 atom stereocenters. The van der Waals surface area contributed by atoms with Crippen LogP contribution in [-0.4, -0.2) is 188 Å². The quantitative estimate of drug-likeness (QED) is 0.0335. The van der Waals surface area contributed by atoms with Crippen LogP contribution in [0.15, 0.2) is 109 Å². The molecule has 0 bridgehead atoms. The van der Waals surface area contributed by atoms with Crippen molar-refractivity contribution in [2.24, 2.45) is 0 Å². The second-order valence-corrected chi connectivity index (χ2v) is 23.5. The maximum Gasteiger partial charge on any atom is 0.352 e. The van der Waals surface area contributed by atoms with Gasteiger partial charge in [-0.05, 0) is 79.6 Å². The van der Waals surface area contributed by atoms with Crippen molar-refractivity contribution in [3.63, 3.8) is 0 Å². The number of piperazine rings is 2. The van der Waals surface area contributed by atoms with Crippen molar-refractivity contribution in [2.45, 2.75) is 45.2 Å². The number of imide groups is 2. The zero-order chi connectivity index (χ0) is 59.4. The molecule has 0 radical (unpaired) electrons. The molecule has 5 N–H and O–H groups in total. The first-order chi connectivity index (χ1) is 40.4. The van der Waals surface area contributed by atoms with Gasteiger partial charge in [-0.15, -0.1) is 0 Å². The van der Waals surface area contributed by atoms with E-state index in [0.29, 0.717) is 112 Å². The van der Waals surface area contributed by atoms with Gasteiger partial charge in [-0.2, -0.15) is 17.0 Å². The highest BCUT2D eigenvalue weighted by atomic mass is 32.2. The Hall–Kier alpha value is -8.64. The summed E-state index contributed by atoms with van der Waals surface area (Å²) in [5, 5.41) is 31.8. The molecule has 1 aromatic heterocycles. The Kier molecular flexibility index (Phi) is 17.5. The van der Waals surface area contributed by atoms with Crippen LogP contribution in [0.2, 0.25) is 0 Å². The van der Waals surface area contributed by atoms with Crippen LogP contribution in [-0.2, 0) is 37.6 Å². The molecule has 22 nitrogen and oxygen atoms in total. The van der Waals surface area contributed by atoms with Gasteiger partial charge in [-0.25, -0.2) is 4.79 Å². The number of hydrogen-bond donors (Lipinski definition) is 5. The monoisotopic (exact) mass is 1160 g/mol. The van der Waals surface area contributed by atoms with Crippen LogP contribution in [0.4, 0.5) is 11.4 Å². The molecule has 6 aromatic rings. The van der Waals surface area contributed by atoms with Crippen LogP contribution in [0, 0.1) is 5.41 Å². The van der Waals surface area contributed by atoms with Gasteiger partial charge in [0.2, 0.25) is 17.7 Å². The van der Waals surface area contributed by atoms with E-state index in [-0.39, 0.29) is 66.7 Å². The van der Waals surface area contributed by atoms with Gasteiger partial charge >= 0.3 is 5.97 Å². The second-order valence-electron chi connectivity index (χ2n) is 21.4. The van der Waals surface area contributed by atoms with Gasteiger partial charge in [0.25, 0.3) is 22.0 Å². The molecule has 440 valence electrons. The Morgan fingerprint density at radius 2 is 1.51 bits per heavy atom. The minimum Gasteiger partial charge on any atom is -0.493 e. The van der Waals surface area contributed by atoms with Crippen molar-refractivity contribution in [2.75, 3.05) is 110 Å². The van der Waals surface area contributed by atoms with E-state index in [2.05, 4.69) is 25.8 Å². The number of piperidine rings is 1. The molecule has 4 aliphatic rings. The number of benzene rings is 5. The van der Waals surface area contributed by atoms with E-state index < -0.39 is 45.8 Å². The lowest BCUT2D eigenvalue weighted by Gasteiger charge is -2.36. The van der Waals surface area contributed by atoms with Gasteiger partial charge < -0.3 is 45.0 Å². The first-order valence-corrected chi connectivity index (χ1v) is 29.5. The van der Waals surface area contributed by atoms with Gasteiger partial charge in [0.1, 0.15) is 29.8 Å².